The summed E-state index contributed by atoms with van der Waals surface area (Å²) in [7, 11) is 0. The van der Waals surface area contributed by atoms with E-state index >= 15 is 0 Å². The van der Waals surface area contributed by atoms with Crippen molar-refractivity contribution in [3.05, 3.63) is 23.9 Å². The highest BCUT2D eigenvalue weighted by atomic mass is 35.5. The Balaban J connectivity index is 0.00000225. The highest BCUT2D eigenvalue weighted by Crippen LogP contribution is 2.19. The molecule has 1 heterocycles. The number of alkyl halides is 3. The maximum absolute atomic E-state index is 11.8. The first-order chi connectivity index (χ1) is 6.88. The highest BCUT2D eigenvalue weighted by Gasteiger charge is 2.28. The van der Waals surface area contributed by atoms with Gasteiger partial charge in [0.15, 0.2) is 6.61 Å². The highest BCUT2D eigenvalue weighted by molar-refractivity contribution is 5.85. The number of ether oxygens (including phenoxy) is 1. The summed E-state index contributed by atoms with van der Waals surface area (Å²) in [6.07, 6.45) is -2.99. The summed E-state index contributed by atoms with van der Waals surface area (Å²) in [5.74, 6) is -0.0675. The van der Waals surface area contributed by atoms with Crippen LogP contribution in [0, 0.1) is 0 Å². The molecule has 0 radical (unpaired) electrons. The Morgan fingerprint density at radius 2 is 2.12 bits per heavy atom. The number of halogens is 4. The number of hydrogen-bond acceptors (Lipinski definition) is 3. The topological polar surface area (TPSA) is 48.1 Å². The molecule has 0 fully saturated rings. The van der Waals surface area contributed by atoms with Crippen molar-refractivity contribution in [2.24, 2.45) is 5.73 Å². The van der Waals surface area contributed by atoms with Gasteiger partial charge in [-0.05, 0) is 18.6 Å². The molecule has 92 valence electrons. The fraction of sp³-hybridized carbons (Fsp3) is 0.444. The average molecular weight is 257 g/mol. The molecule has 16 heavy (non-hydrogen) atoms. The minimum atomic E-state index is -4.36. The number of aromatic nitrogens is 1. The predicted octanol–water partition coefficient (Wildman–Crippen LogP) is 2.46. The summed E-state index contributed by atoms with van der Waals surface area (Å²) in [5, 5.41) is 0. The lowest BCUT2D eigenvalue weighted by Crippen LogP contribution is -2.19. The summed E-state index contributed by atoms with van der Waals surface area (Å²) in [5.41, 5.74) is 6.24. The number of hydrogen-bond donors (Lipinski definition) is 1. The Labute approximate surface area is 97.2 Å². The summed E-state index contributed by atoms with van der Waals surface area (Å²) in [6.45, 7) is 0.380. The van der Waals surface area contributed by atoms with Crippen molar-refractivity contribution < 1.29 is 17.9 Å². The predicted molar refractivity (Wildman–Crippen MR) is 55.6 cm³/mol. The van der Waals surface area contributed by atoms with Crippen molar-refractivity contribution in [2.75, 3.05) is 6.61 Å². The van der Waals surface area contributed by atoms with Gasteiger partial charge in [0.1, 0.15) is 0 Å². The van der Waals surface area contributed by atoms with Crippen LogP contribution >= 0.6 is 12.4 Å². The molecule has 1 atom stereocenters. The van der Waals surface area contributed by atoms with E-state index in [4.69, 9.17) is 5.73 Å². The van der Waals surface area contributed by atoms with Crippen molar-refractivity contribution in [1.82, 2.24) is 4.98 Å². The third-order valence-corrected chi connectivity index (χ3v) is 1.67. The van der Waals surface area contributed by atoms with Crippen LogP contribution in [0.1, 0.15) is 18.5 Å². The molecule has 0 aliphatic heterocycles. The average Bonchev–Trinajstić information content (AvgIpc) is 2.14. The van der Waals surface area contributed by atoms with Crippen LogP contribution in [-0.2, 0) is 0 Å². The Bertz CT molecular complexity index is 331. The van der Waals surface area contributed by atoms with E-state index in [2.05, 4.69) is 9.72 Å². The van der Waals surface area contributed by atoms with Crippen LogP contribution in [0.5, 0.6) is 5.88 Å². The molecule has 0 aliphatic carbocycles. The van der Waals surface area contributed by atoms with Crippen LogP contribution in [0.2, 0.25) is 0 Å². The third kappa shape index (κ3) is 5.18. The minimum absolute atomic E-state index is 0. The lowest BCUT2D eigenvalue weighted by molar-refractivity contribution is -0.154. The first-order valence-electron chi connectivity index (χ1n) is 4.29. The number of nitrogens with zero attached hydrogens (tertiary/aromatic N) is 1. The molecule has 1 aromatic heterocycles. The normalized spacial score (nSPS) is 12.8. The molecule has 0 unspecified atom stereocenters. The van der Waals surface area contributed by atoms with Gasteiger partial charge in [-0.25, -0.2) is 4.98 Å². The van der Waals surface area contributed by atoms with Crippen molar-refractivity contribution >= 4 is 12.4 Å². The largest absolute Gasteiger partial charge is 0.468 e. The molecule has 7 heteroatoms. The van der Waals surface area contributed by atoms with Gasteiger partial charge in [0.05, 0.1) is 0 Å². The van der Waals surface area contributed by atoms with E-state index in [1.165, 1.54) is 12.3 Å². The monoisotopic (exact) mass is 256 g/mol. The first-order valence-corrected chi connectivity index (χ1v) is 4.29. The van der Waals surface area contributed by atoms with Gasteiger partial charge < -0.3 is 10.5 Å². The smallest absolute Gasteiger partial charge is 0.422 e. The summed E-state index contributed by atoms with van der Waals surface area (Å²) < 4.78 is 39.9. The van der Waals surface area contributed by atoms with Gasteiger partial charge in [0, 0.05) is 18.3 Å². The van der Waals surface area contributed by atoms with Crippen molar-refractivity contribution in [1.29, 1.82) is 0 Å². The molecule has 3 nitrogen and oxygen atoms in total. The molecule has 0 aromatic carbocycles. The quantitative estimate of drug-likeness (QED) is 0.904. The molecule has 1 aromatic rings. The fourth-order valence-electron chi connectivity index (χ4n) is 0.943. The zero-order valence-electron chi connectivity index (χ0n) is 8.49. The van der Waals surface area contributed by atoms with Crippen LogP contribution in [0.15, 0.2) is 18.3 Å². The number of pyridine rings is 1. The molecule has 0 spiro atoms. The molecular formula is C9H12ClF3N2O. The summed E-state index contributed by atoms with van der Waals surface area (Å²) in [6, 6.07) is 2.77. The van der Waals surface area contributed by atoms with Crippen LogP contribution < -0.4 is 10.5 Å². The van der Waals surface area contributed by atoms with Gasteiger partial charge in [-0.2, -0.15) is 13.2 Å². The second kappa shape index (κ2) is 5.91. The second-order valence-electron chi connectivity index (χ2n) is 3.12. The second-order valence-corrected chi connectivity index (χ2v) is 3.12. The van der Waals surface area contributed by atoms with Gasteiger partial charge in [-0.1, -0.05) is 0 Å². The Morgan fingerprint density at radius 3 is 2.62 bits per heavy atom. The fourth-order valence-corrected chi connectivity index (χ4v) is 0.943. The Kier molecular flexibility index (Phi) is 5.53. The number of nitrogens with two attached hydrogens (primary N) is 1. The standard InChI is InChI=1S/C9H11F3N2O.ClH/c1-6(13)7-2-3-14-8(4-7)15-5-9(10,11)12;/h2-4,6H,5,13H2,1H3;1H/t6-;/m1./s1. The van der Waals surface area contributed by atoms with Crippen molar-refractivity contribution in [2.45, 2.75) is 19.1 Å². The van der Waals surface area contributed by atoms with Gasteiger partial charge in [-0.3, -0.25) is 0 Å². The molecule has 0 aliphatic rings. The SMILES string of the molecule is C[C@@H](N)c1ccnc(OCC(F)(F)F)c1.Cl. The molecule has 0 saturated heterocycles. The molecule has 0 bridgehead atoms. The summed E-state index contributed by atoms with van der Waals surface area (Å²) >= 11 is 0. The molecule has 0 saturated carbocycles. The minimum Gasteiger partial charge on any atom is -0.468 e. The first kappa shape index (κ1) is 15.0. The lowest BCUT2D eigenvalue weighted by atomic mass is 10.1. The Hall–Kier alpha value is -1.01. The summed E-state index contributed by atoms with van der Waals surface area (Å²) in [4.78, 5) is 3.65. The van der Waals surface area contributed by atoms with E-state index in [-0.39, 0.29) is 24.3 Å². The van der Waals surface area contributed by atoms with E-state index in [0.29, 0.717) is 5.56 Å². The molecule has 0 amide bonds. The molecule has 2 N–H and O–H groups in total. The van der Waals surface area contributed by atoms with E-state index in [1.54, 1.807) is 13.0 Å². The molecule has 1 rings (SSSR count). The van der Waals surface area contributed by atoms with Crippen LogP contribution in [-0.4, -0.2) is 17.8 Å². The van der Waals surface area contributed by atoms with Crippen molar-refractivity contribution in [3.8, 4) is 5.88 Å². The zero-order valence-corrected chi connectivity index (χ0v) is 9.31. The third-order valence-electron chi connectivity index (χ3n) is 1.67. The maximum Gasteiger partial charge on any atom is 0.422 e. The van der Waals surface area contributed by atoms with Gasteiger partial charge in [-0.15, -0.1) is 12.4 Å². The van der Waals surface area contributed by atoms with Crippen LogP contribution in [0.3, 0.4) is 0 Å². The van der Waals surface area contributed by atoms with Crippen molar-refractivity contribution in [3.63, 3.8) is 0 Å². The van der Waals surface area contributed by atoms with E-state index < -0.39 is 12.8 Å². The molecular weight excluding hydrogens is 245 g/mol. The van der Waals surface area contributed by atoms with Crippen LogP contribution in [0.4, 0.5) is 13.2 Å². The van der Waals surface area contributed by atoms with Gasteiger partial charge in [0.2, 0.25) is 5.88 Å². The lowest BCUT2D eigenvalue weighted by Gasteiger charge is -2.10. The maximum atomic E-state index is 11.8. The Morgan fingerprint density at radius 1 is 1.50 bits per heavy atom. The number of rotatable bonds is 3. The van der Waals surface area contributed by atoms with Crippen LogP contribution in [0.25, 0.3) is 0 Å². The van der Waals surface area contributed by atoms with Gasteiger partial charge in [0.25, 0.3) is 0 Å². The zero-order chi connectivity index (χ0) is 11.5. The van der Waals surface area contributed by atoms with E-state index in [0.717, 1.165) is 0 Å². The van der Waals surface area contributed by atoms with E-state index in [9.17, 15) is 13.2 Å². The van der Waals surface area contributed by atoms with Gasteiger partial charge >= 0.3 is 6.18 Å². The van der Waals surface area contributed by atoms with E-state index in [1.807, 2.05) is 0 Å².